The van der Waals surface area contributed by atoms with Crippen molar-refractivity contribution < 1.29 is 41.4 Å². The Morgan fingerprint density at radius 1 is 0.919 bits per heavy atom. The molecule has 4 rings (SSSR count). The first-order chi connectivity index (χ1) is 17.7. The standard InChI is InChI=1S/C27H19F3O7/c1-2-34-26(33)17-8-10-18(11-9-17)36-24-23(32)20-13-12-19(15-21(20)37-25(24)27(28,29)30)35-22(31)14-16-6-4-3-5-7-16/h3-13,15H,2,14H2,1H3. The maximum absolute atomic E-state index is 13.8. The SMILES string of the molecule is CCOC(=O)c1ccc(Oc2c(C(F)(F)F)oc3cc(OC(=O)Cc4ccccc4)ccc3c2=O)cc1. The number of hydrogen-bond donors (Lipinski definition) is 0. The van der Waals surface area contributed by atoms with Crippen molar-refractivity contribution in [2.75, 3.05) is 6.61 Å². The predicted octanol–water partition coefficient (Wildman–Crippen LogP) is 5.93. The number of benzene rings is 3. The Kier molecular flexibility index (Phi) is 7.28. The van der Waals surface area contributed by atoms with Crippen molar-refractivity contribution >= 4 is 22.9 Å². The monoisotopic (exact) mass is 512 g/mol. The van der Waals surface area contributed by atoms with Crippen LogP contribution in [0.15, 0.2) is 82.0 Å². The molecule has 0 N–H and O–H groups in total. The third kappa shape index (κ3) is 5.97. The number of hydrogen-bond acceptors (Lipinski definition) is 7. The van der Waals surface area contributed by atoms with E-state index in [9.17, 15) is 27.6 Å². The Hall–Kier alpha value is -4.60. The van der Waals surface area contributed by atoms with Gasteiger partial charge >= 0.3 is 18.1 Å². The second-order valence-electron chi connectivity index (χ2n) is 7.73. The van der Waals surface area contributed by atoms with Gasteiger partial charge in [-0.1, -0.05) is 30.3 Å². The second-order valence-corrected chi connectivity index (χ2v) is 7.73. The molecule has 0 amide bonds. The summed E-state index contributed by atoms with van der Waals surface area (Å²) in [4.78, 5) is 37.0. The Labute approximate surface area is 208 Å². The van der Waals surface area contributed by atoms with Gasteiger partial charge < -0.3 is 18.6 Å². The number of carbonyl (C=O) groups excluding carboxylic acids is 2. The Balaban J connectivity index is 1.65. The third-order valence-corrected chi connectivity index (χ3v) is 5.09. The highest BCUT2D eigenvalue weighted by Gasteiger charge is 2.40. The molecule has 7 nitrogen and oxygen atoms in total. The van der Waals surface area contributed by atoms with Gasteiger partial charge in [0.2, 0.25) is 11.2 Å². The minimum absolute atomic E-state index is 0.0572. The van der Waals surface area contributed by atoms with Gasteiger partial charge in [-0.2, -0.15) is 13.2 Å². The fourth-order valence-corrected chi connectivity index (χ4v) is 3.42. The van der Waals surface area contributed by atoms with Crippen LogP contribution in [0.25, 0.3) is 11.0 Å². The molecule has 0 saturated heterocycles. The average molecular weight is 512 g/mol. The van der Waals surface area contributed by atoms with Gasteiger partial charge in [-0.3, -0.25) is 9.59 Å². The van der Waals surface area contributed by atoms with Gasteiger partial charge in [0.05, 0.1) is 24.0 Å². The van der Waals surface area contributed by atoms with Crippen molar-refractivity contribution in [1.82, 2.24) is 0 Å². The van der Waals surface area contributed by atoms with E-state index in [2.05, 4.69) is 0 Å². The molecule has 0 spiro atoms. The molecule has 0 radical (unpaired) electrons. The van der Waals surface area contributed by atoms with Gasteiger partial charge in [0.15, 0.2) is 0 Å². The molecule has 0 aliphatic carbocycles. The predicted molar refractivity (Wildman–Crippen MR) is 126 cm³/mol. The normalized spacial score (nSPS) is 11.2. The Bertz CT molecular complexity index is 1490. The first kappa shape index (κ1) is 25.5. The zero-order chi connectivity index (χ0) is 26.6. The number of halogens is 3. The van der Waals surface area contributed by atoms with Crippen LogP contribution < -0.4 is 14.9 Å². The molecule has 1 heterocycles. The van der Waals surface area contributed by atoms with Crippen LogP contribution in [0.2, 0.25) is 0 Å². The molecule has 3 aromatic carbocycles. The summed E-state index contributed by atoms with van der Waals surface area (Å²) in [5.74, 6) is -4.21. The van der Waals surface area contributed by atoms with Crippen molar-refractivity contribution in [3.8, 4) is 17.2 Å². The van der Waals surface area contributed by atoms with Crippen molar-refractivity contribution in [3.63, 3.8) is 0 Å². The van der Waals surface area contributed by atoms with Gasteiger partial charge in [-0.25, -0.2) is 4.79 Å². The van der Waals surface area contributed by atoms with E-state index in [4.69, 9.17) is 18.6 Å². The summed E-state index contributed by atoms with van der Waals surface area (Å²) in [6.07, 6.45) is -5.13. The topological polar surface area (TPSA) is 92.0 Å². The third-order valence-electron chi connectivity index (χ3n) is 5.09. The maximum Gasteiger partial charge on any atom is 0.453 e. The summed E-state index contributed by atoms with van der Waals surface area (Å²) >= 11 is 0. The summed E-state index contributed by atoms with van der Waals surface area (Å²) in [5, 5.41) is -0.214. The Morgan fingerprint density at radius 3 is 2.24 bits per heavy atom. The molecular formula is C27H19F3O7. The molecule has 0 unspecified atom stereocenters. The molecule has 0 aliphatic heterocycles. The minimum Gasteiger partial charge on any atom is -0.462 e. The van der Waals surface area contributed by atoms with Crippen LogP contribution in [-0.4, -0.2) is 18.5 Å². The number of alkyl halides is 3. The number of fused-ring (bicyclic) bond motifs is 1. The van der Waals surface area contributed by atoms with Crippen LogP contribution in [0.4, 0.5) is 13.2 Å². The number of esters is 2. The second kappa shape index (κ2) is 10.6. The summed E-state index contributed by atoms with van der Waals surface area (Å²) in [6.45, 7) is 1.78. The summed E-state index contributed by atoms with van der Waals surface area (Å²) in [5.41, 5.74) is -0.668. The van der Waals surface area contributed by atoms with E-state index >= 15 is 0 Å². The van der Waals surface area contributed by atoms with E-state index in [1.54, 1.807) is 37.3 Å². The van der Waals surface area contributed by atoms with Gasteiger partial charge in [0.25, 0.3) is 5.76 Å². The van der Waals surface area contributed by atoms with Gasteiger partial charge in [-0.05, 0) is 48.9 Å². The average Bonchev–Trinajstić information content (AvgIpc) is 2.86. The van der Waals surface area contributed by atoms with Crippen LogP contribution >= 0.6 is 0 Å². The van der Waals surface area contributed by atoms with Crippen LogP contribution in [0.5, 0.6) is 17.2 Å². The van der Waals surface area contributed by atoms with Gasteiger partial charge in [-0.15, -0.1) is 0 Å². The summed E-state index contributed by atoms with van der Waals surface area (Å²) in [7, 11) is 0. The molecular weight excluding hydrogens is 493 g/mol. The zero-order valence-corrected chi connectivity index (χ0v) is 19.3. The summed E-state index contributed by atoms with van der Waals surface area (Å²) < 4.78 is 61.8. The van der Waals surface area contributed by atoms with E-state index in [1.807, 2.05) is 0 Å². The van der Waals surface area contributed by atoms with Crippen molar-refractivity contribution in [2.24, 2.45) is 0 Å². The molecule has 0 aliphatic rings. The fraction of sp³-hybridized carbons (Fsp3) is 0.148. The smallest absolute Gasteiger partial charge is 0.453 e. The molecule has 0 atom stereocenters. The number of carbonyl (C=O) groups is 2. The zero-order valence-electron chi connectivity index (χ0n) is 19.3. The van der Waals surface area contributed by atoms with Crippen molar-refractivity contribution in [1.29, 1.82) is 0 Å². The first-order valence-corrected chi connectivity index (χ1v) is 11.0. The van der Waals surface area contributed by atoms with E-state index in [1.165, 1.54) is 36.4 Å². The number of ether oxygens (including phenoxy) is 3. The van der Waals surface area contributed by atoms with Crippen molar-refractivity contribution in [3.05, 3.63) is 99.9 Å². The van der Waals surface area contributed by atoms with Gasteiger partial charge in [0.1, 0.15) is 17.1 Å². The minimum atomic E-state index is -5.08. The van der Waals surface area contributed by atoms with Crippen LogP contribution in [0.3, 0.4) is 0 Å². The van der Waals surface area contributed by atoms with Crippen molar-refractivity contribution in [2.45, 2.75) is 19.5 Å². The fourth-order valence-electron chi connectivity index (χ4n) is 3.42. The number of rotatable bonds is 7. The molecule has 0 bridgehead atoms. The molecule has 37 heavy (non-hydrogen) atoms. The molecule has 0 saturated carbocycles. The largest absolute Gasteiger partial charge is 0.462 e. The van der Waals surface area contributed by atoms with Gasteiger partial charge in [0, 0.05) is 6.07 Å². The van der Waals surface area contributed by atoms with E-state index in [0.717, 1.165) is 6.07 Å². The van der Waals surface area contributed by atoms with Crippen LogP contribution in [0.1, 0.15) is 28.6 Å². The van der Waals surface area contributed by atoms with E-state index < -0.39 is 40.6 Å². The molecule has 4 aromatic rings. The van der Waals surface area contributed by atoms with Crippen LogP contribution in [0, 0.1) is 0 Å². The lowest BCUT2D eigenvalue weighted by Gasteiger charge is -2.14. The maximum atomic E-state index is 13.8. The highest BCUT2D eigenvalue weighted by molar-refractivity contribution is 5.89. The lowest BCUT2D eigenvalue weighted by molar-refractivity contribution is -0.154. The Morgan fingerprint density at radius 2 is 1.59 bits per heavy atom. The molecule has 190 valence electrons. The molecule has 10 heteroatoms. The summed E-state index contributed by atoms with van der Waals surface area (Å²) in [6, 6.07) is 17.3. The quantitative estimate of drug-likeness (QED) is 0.224. The van der Waals surface area contributed by atoms with E-state index in [-0.39, 0.29) is 35.5 Å². The first-order valence-electron chi connectivity index (χ1n) is 11.0. The lowest BCUT2D eigenvalue weighted by Crippen LogP contribution is -2.16. The van der Waals surface area contributed by atoms with Crippen LogP contribution in [-0.2, 0) is 22.1 Å². The molecule has 0 fully saturated rings. The van der Waals surface area contributed by atoms with E-state index in [0.29, 0.717) is 5.56 Å². The highest BCUT2D eigenvalue weighted by atomic mass is 19.4. The lowest BCUT2D eigenvalue weighted by atomic mass is 10.1. The highest BCUT2D eigenvalue weighted by Crippen LogP contribution is 2.38. The molecule has 1 aromatic heterocycles.